The average molecular weight is 386 g/mol. The third kappa shape index (κ3) is 3.64. The minimum Gasteiger partial charge on any atom is -0.389 e. The van der Waals surface area contributed by atoms with Crippen LogP contribution in [0.5, 0.6) is 0 Å². The standard InChI is InChI=1S/C20H23FN4O3/c21-17-10-22-23-18(17)20(28)25-8-7-24(11-16(26)12-25)19(27)15-6-5-13-3-1-2-4-14(13)9-15/h1-4,10,15-16,26H,5-9,11-12H2,(H,22,23). The van der Waals surface area contributed by atoms with Gasteiger partial charge in [0.2, 0.25) is 5.91 Å². The molecular formula is C20H23FN4O3. The third-order valence-electron chi connectivity index (χ3n) is 5.60. The van der Waals surface area contributed by atoms with E-state index in [1.807, 2.05) is 12.1 Å². The van der Waals surface area contributed by atoms with Gasteiger partial charge < -0.3 is 14.9 Å². The van der Waals surface area contributed by atoms with Crippen LogP contribution in [0.25, 0.3) is 0 Å². The molecule has 1 aromatic carbocycles. The molecule has 28 heavy (non-hydrogen) atoms. The van der Waals surface area contributed by atoms with Crippen molar-refractivity contribution >= 4 is 11.8 Å². The van der Waals surface area contributed by atoms with Crippen molar-refractivity contribution in [2.75, 3.05) is 26.2 Å². The minimum atomic E-state index is -0.878. The van der Waals surface area contributed by atoms with E-state index < -0.39 is 17.8 Å². The quantitative estimate of drug-likeness (QED) is 0.806. The van der Waals surface area contributed by atoms with Gasteiger partial charge in [-0.3, -0.25) is 14.7 Å². The first-order chi connectivity index (χ1) is 13.5. The SMILES string of the molecule is O=C(c1[nH]ncc1F)N1CCN(C(=O)C2CCc3ccccc3C2)CC(O)C1. The molecule has 2 heterocycles. The summed E-state index contributed by atoms with van der Waals surface area (Å²) in [6, 6.07) is 8.16. The zero-order chi connectivity index (χ0) is 19.7. The first-order valence-electron chi connectivity index (χ1n) is 9.54. The Balaban J connectivity index is 1.43. The van der Waals surface area contributed by atoms with Crippen molar-refractivity contribution in [3.05, 3.63) is 53.1 Å². The molecule has 1 fully saturated rings. The highest BCUT2D eigenvalue weighted by molar-refractivity contribution is 5.92. The number of amides is 2. The summed E-state index contributed by atoms with van der Waals surface area (Å²) in [5, 5.41) is 16.2. The Morgan fingerprint density at radius 3 is 2.61 bits per heavy atom. The van der Waals surface area contributed by atoms with Gasteiger partial charge in [-0.15, -0.1) is 0 Å². The highest BCUT2D eigenvalue weighted by Crippen LogP contribution is 2.27. The van der Waals surface area contributed by atoms with E-state index >= 15 is 0 Å². The number of fused-ring (bicyclic) bond motifs is 1. The number of aromatic amines is 1. The molecule has 0 radical (unpaired) electrons. The lowest BCUT2D eigenvalue weighted by molar-refractivity contribution is -0.136. The fourth-order valence-electron chi connectivity index (χ4n) is 4.12. The third-order valence-corrected chi connectivity index (χ3v) is 5.60. The van der Waals surface area contributed by atoms with Crippen molar-refractivity contribution in [2.45, 2.75) is 25.4 Å². The Bertz CT molecular complexity index is 884. The maximum atomic E-state index is 13.7. The fraction of sp³-hybridized carbons (Fsp3) is 0.450. The van der Waals surface area contributed by atoms with Gasteiger partial charge in [0.1, 0.15) is 0 Å². The van der Waals surface area contributed by atoms with Gasteiger partial charge in [0.05, 0.1) is 12.3 Å². The summed E-state index contributed by atoms with van der Waals surface area (Å²) in [5.74, 6) is -1.39. The molecule has 0 bridgehead atoms. The monoisotopic (exact) mass is 386 g/mol. The molecule has 2 N–H and O–H groups in total. The number of aliphatic hydroxyl groups is 1. The molecule has 1 aromatic heterocycles. The van der Waals surface area contributed by atoms with E-state index in [0.717, 1.165) is 19.0 Å². The molecule has 2 aliphatic rings. The number of carbonyl (C=O) groups excluding carboxylic acids is 2. The number of aromatic nitrogens is 2. The number of benzene rings is 1. The lowest BCUT2D eigenvalue weighted by atomic mass is 9.83. The maximum absolute atomic E-state index is 13.7. The van der Waals surface area contributed by atoms with E-state index in [0.29, 0.717) is 13.0 Å². The summed E-state index contributed by atoms with van der Waals surface area (Å²) in [6.07, 6.45) is 2.41. The van der Waals surface area contributed by atoms with E-state index in [4.69, 9.17) is 0 Å². The number of nitrogens with one attached hydrogen (secondary N) is 1. The van der Waals surface area contributed by atoms with Gasteiger partial charge in [0, 0.05) is 32.1 Å². The van der Waals surface area contributed by atoms with Crippen molar-refractivity contribution in [3.8, 4) is 0 Å². The Kier molecular flexibility index (Phi) is 5.13. The number of hydrogen-bond donors (Lipinski definition) is 2. The largest absolute Gasteiger partial charge is 0.389 e. The van der Waals surface area contributed by atoms with Crippen molar-refractivity contribution in [3.63, 3.8) is 0 Å². The van der Waals surface area contributed by atoms with Crippen LogP contribution in [-0.4, -0.2) is 69.2 Å². The maximum Gasteiger partial charge on any atom is 0.275 e. The molecule has 2 amide bonds. The molecule has 4 rings (SSSR count). The number of nitrogens with zero attached hydrogens (tertiary/aromatic N) is 3. The molecule has 1 aliphatic carbocycles. The number of aliphatic hydroxyl groups excluding tert-OH is 1. The van der Waals surface area contributed by atoms with Crippen molar-refractivity contribution in [1.82, 2.24) is 20.0 Å². The number of halogens is 1. The van der Waals surface area contributed by atoms with Crippen molar-refractivity contribution in [2.24, 2.45) is 5.92 Å². The highest BCUT2D eigenvalue weighted by atomic mass is 19.1. The number of carbonyl (C=O) groups is 2. The second-order valence-electron chi connectivity index (χ2n) is 7.49. The van der Waals surface area contributed by atoms with Crippen LogP contribution in [0.15, 0.2) is 30.5 Å². The lowest BCUT2D eigenvalue weighted by Crippen LogP contribution is -2.42. The molecule has 0 saturated carbocycles. The molecule has 1 saturated heterocycles. The van der Waals surface area contributed by atoms with E-state index in [-0.39, 0.29) is 37.2 Å². The van der Waals surface area contributed by atoms with E-state index in [9.17, 15) is 19.1 Å². The molecule has 2 unspecified atom stereocenters. The average Bonchev–Trinajstić information content (AvgIpc) is 3.03. The Morgan fingerprint density at radius 1 is 1.14 bits per heavy atom. The summed E-state index contributed by atoms with van der Waals surface area (Å²) < 4.78 is 13.7. The van der Waals surface area contributed by atoms with Crippen LogP contribution < -0.4 is 0 Å². The van der Waals surface area contributed by atoms with Crippen molar-refractivity contribution in [1.29, 1.82) is 0 Å². The number of hydrogen-bond acceptors (Lipinski definition) is 4. The highest BCUT2D eigenvalue weighted by Gasteiger charge is 2.33. The van der Waals surface area contributed by atoms with E-state index in [1.54, 1.807) is 4.90 Å². The van der Waals surface area contributed by atoms with Crippen LogP contribution in [0.2, 0.25) is 0 Å². The van der Waals surface area contributed by atoms with Gasteiger partial charge in [-0.1, -0.05) is 24.3 Å². The van der Waals surface area contributed by atoms with Crippen LogP contribution in [0.1, 0.15) is 28.0 Å². The Labute approximate surface area is 162 Å². The molecule has 148 valence electrons. The second-order valence-corrected chi connectivity index (χ2v) is 7.49. The summed E-state index contributed by atoms with van der Waals surface area (Å²) >= 11 is 0. The summed E-state index contributed by atoms with van der Waals surface area (Å²) in [5.41, 5.74) is 2.27. The van der Waals surface area contributed by atoms with Gasteiger partial charge in [0.15, 0.2) is 11.5 Å². The second kappa shape index (κ2) is 7.71. The first kappa shape index (κ1) is 18.6. The zero-order valence-corrected chi connectivity index (χ0v) is 15.5. The molecular weight excluding hydrogens is 363 g/mol. The number of aryl methyl sites for hydroxylation is 1. The van der Waals surface area contributed by atoms with Gasteiger partial charge >= 0.3 is 0 Å². The van der Waals surface area contributed by atoms with Crippen LogP contribution >= 0.6 is 0 Å². The Morgan fingerprint density at radius 2 is 1.86 bits per heavy atom. The fourth-order valence-corrected chi connectivity index (χ4v) is 4.12. The van der Waals surface area contributed by atoms with Gasteiger partial charge in [-0.2, -0.15) is 5.10 Å². The van der Waals surface area contributed by atoms with Crippen LogP contribution in [0, 0.1) is 11.7 Å². The summed E-state index contributed by atoms with van der Waals surface area (Å²) in [4.78, 5) is 28.6. The van der Waals surface area contributed by atoms with Crippen LogP contribution in [0.4, 0.5) is 4.39 Å². The predicted molar refractivity (Wildman–Crippen MR) is 99.0 cm³/mol. The van der Waals surface area contributed by atoms with Crippen molar-refractivity contribution < 1.29 is 19.1 Å². The van der Waals surface area contributed by atoms with Gasteiger partial charge in [-0.25, -0.2) is 4.39 Å². The normalized spacial score (nSPS) is 22.5. The molecule has 2 aromatic rings. The zero-order valence-electron chi connectivity index (χ0n) is 15.5. The Hall–Kier alpha value is -2.74. The number of β-amino-alcohol motifs (C(OH)–C–C–N with tert-alkyl or cyclic N) is 1. The molecule has 1 aliphatic heterocycles. The van der Waals surface area contributed by atoms with Crippen LogP contribution in [-0.2, 0) is 17.6 Å². The van der Waals surface area contributed by atoms with Gasteiger partial charge in [0.25, 0.3) is 5.91 Å². The molecule has 0 spiro atoms. The molecule has 8 heteroatoms. The predicted octanol–water partition coefficient (Wildman–Crippen LogP) is 0.999. The number of H-pyrrole nitrogens is 1. The van der Waals surface area contributed by atoms with Gasteiger partial charge in [-0.05, 0) is 30.4 Å². The molecule has 7 nitrogen and oxygen atoms in total. The van der Waals surface area contributed by atoms with E-state index in [2.05, 4.69) is 22.3 Å². The summed E-state index contributed by atoms with van der Waals surface area (Å²) in [6.45, 7) is 0.778. The first-order valence-corrected chi connectivity index (χ1v) is 9.54. The number of rotatable bonds is 2. The smallest absolute Gasteiger partial charge is 0.275 e. The van der Waals surface area contributed by atoms with Crippen LogP contribution in [0.3, 0.4) is 0 Å². The van der Waals surface area contributed by atoms with E-state index in [1.165, 1.54) is 16.0 Å². The summed E-state index contributed by atoms with van der Waals surface area (Å²) in [7, 11) is 0. The topological polar surface area (TPSA) is 89.5 Å². The lowest BCUT2D eigenvalue weighted by Gasteiger charge is -2.30. The molecule has 2 atom stereocenters. The minimum absolute atomic E-state index is 0.00979.